The molecule has 0 amide bonds. The first-order valence-corrected chi connectivity index (χ1v) is 6.83. The van der Waals surface area contributed by atoms with Crippen LogP contribution in [0.2, 0.25) is 0 Å². The molecule has 2 rings (SSSR count). The minimum Gasteiger partial charge on any atom is -0.506 e. The van der Waals surface area contributed by atoms with Gasteiger partial charge < -0.3 is 10.4 Å². The van der Waals surface area contributed by atoms with Gasteiger partial charge >= 0.3 is 0 Å². The van der Waals surface area contributed by atoms with E-state index in [-0.39, 0.29) is 17.5 Å². The third-order valence-corrected chi connectivity index (χ3v) is 3.30. The average Bonchev–Trinajstić information content (AvgIpc) is 2.47. The SMILES string of the molecule is CCC(C)NCc1nn(-c2ccccc2F)c(=O)cc1O. The van der Waals surface area contributed by atoms with Crippen LogP contribution in [0, 0.1) is 5.82 Å². The van der Waals surface area contributed by atoms with Crippen LogP contribution in [0.3, 0.4) is 0 Å². The van der Waals surface area contributed by atoms with E-state index in [1.165, 1.54) is 18.2 Å². The summed E-state index contributed by atoms with van der Waals surface area (Å²) in [4.78, 5) is 11.9. The van der Waals surface area contributed by atoms with Crippen LogP contribution in [0.1, 0.15) is 26.0 Å². The molecule has 5 nitrogen and oxygen atoms in total. The largest absolute Gasteiger partial charge is 0.506 e. The normalized spacial score (nSPS) is 12.3. The van der Waals surface area contributed by atoms with Crippen molar-refractivity contribution < 1.29 is 9.50 Å². The van der Waals surface area contributed by atoms with Crippen LogP contribution in [-0.4, -0.2) is 20.9 Å². The van der Waals surface area contributed by atoms with Gasteiger partial charge in [-0.15, -0.1) is 0 Å². The highest BCUT2D eigenvalue weighted by atomic mass is 19.1. The monoisotopic (exact) mass is 291 g/mol. The third kappa shape index (κ3) is 3.46. The molecule has 6 heteroatoms. The fourth-order valence-corrected chi connectivity index (χ4v) is 1.82. The highest BCUT2D eigenvalue weighted by Gasteiger charge is 2.12. The summed E-state index contributed by atoms with van der Waals surface area (Å²) in [5.74, 6) is -0.734. The maximum Gasteiger partial charge on any atom is 0.275 e. The van der Waals surface area contributed by atoms with Crippen LogP contribution >= 0.6 is 0 Å². The van der Waals surface area contributed by atoms with Gasteiger partial charge in [0.05, 0.1) is 0 Å². The number of halogens is 1. The summed E-state index contributed by atoms with van der Waals surface area (Å²) in [6, 6.07) is 7.18. The van der Waals surface area contributed by atoms with Crippen molar-refractivity contribution in [3.8, 4) is 11.4 Å². The Labute approximate surface area is 122 Å². The summed E-state index contributed by atoms with van der Waals surface area (Å²) in [6.45, 7) is 4.34. The van der Waals surface area contributed by atoms with Gasteiger partial charge in [-0.2, -0.15) is 9.78 Å². The molecule has 0 fully saturated rings. The molecule has 1 atom stereocenters. The van der Waals surface area contributed by atoms with E-state index < -0.39 is 11.4 Å². The molecule has 0 saturated carbocycles. The fraction of sp³-hybridized carbons (Fsp3) is 0.333. The topological polar surface area (TPSA) is 67.2 Å². The van der Waals surface area contributed by atoms with Crippen molar-refractivity contribution in [2.75, 3.05) is 0 Å². The van der Waals surface area contributed by atoms with Crippen LogP contribution in [0.5, 0.6) is 5.75 Å². The van der Waals surface area contributed by atoms with Crippen LogP contribution in [0.15, 0.2) is 35.1 Å². The Morgan fingerprint density at radius 3 is 2.81 bits per heavy atom. The first-order chi connectivity index (χ1) is 10.0. The predicted octanol–water partition coefficient (Wildman–Crippen LogP) is 1.97. The average molecular weight is 291 g/mol. The van der Waals surface area contributed by atoms with Crippen molar-refractivity contribution in [3.05, 3.63) is 52.2 Å². The van der Waals surface area contributed by atoms with Gasteiger partial charge in [0.1, 0.15) is 22.9 Å². The van der Waals surface area contributed by atoms with Crippen molar-refractivity contribution in [2.45, 2.75) is 32.9 Å². The number of aromatic nitrogens is 2. The molecule has 21 heavy (non-hydrogen) atoms. The second-order valence-electron chi connectivity index (χ2n) is 4.87. The number of benzene rings is 1. The molecule has 0 bridgehead atoms. The van der Waals surface area contributed by atoms with Gasteiger partial charge in [-0.1, -0.05) is 19.1 Å². The number of para-hydroxylation sites is 1. The predicted molar refractivity (Wildman–Crippen MR) is 78.0 cm³/mol. The zero-order valence-corrected chi connectivity index (χ0v) is 12.0. The summed E-state index contributed by atoms with van der Waals surface area (Å²) in [6.07, 6.45) is 0.924. The zero-order chi connectivity index (χ0) is 15.4. The van der Waals surface area contributed by atoms with Crippen LogP contribution in [0.25, 0.3) is 5.69 Å². The van der Waals surface area contributed by atoms with E-state index in [1.54, 1.807) is 6.07 Å². The highest BCUT2D eigenvalue weighted by molar-refractivity contribution is 5.34. The number of hydrogen-bond donors (Lipinski definition) is 2. The number of nitrogens with zero attached hydrogens (tertiary/aromatic N) is 2. The molecule has 1 aromatic carbocycles. The summed E-state index contributed by atoms with van der Waals surface area (Å²) in [5.41, 5.74) is -0.213. The Balaban J connectivity index is 2.39. The van der Waals surface area contributed by atoms with Crippen molar-refractivity contribution >= 4 is 0 Å². The fourth-order valence-electron chi connectivity index (χ4n) is 1.82. The van der Waals surface area contributed by atoms with E-state index in [9.17, 15) is 14.3 Å². The summed E-state index contributed by atoms with van der Waals surface area (Å²) >= 11 is 0. The van der Waals surface area contributed by atoms with Crippen molar-refractivity contribution in [1.29, 1.82) is 0 Å². The smallest absolute Gasteiger partial charge is 0.275 e. The van der Waals surface area contributed by atoms with Crippen LogP contribution in [-0.2, 0) is 6.54 Å². The molecular formula is C15H18FN3O2. The van der Waals surface area contributed by atoms with E-state index in [2.05, 4.69) is 10.4 Å². The molecule has 0 saturated heterocycles. The number of aromatic hydroxyl groups is 1. The zero-order valence-electron chi connectivity index (χ0n) is 12.0. The number of hydrogen-bond acceptors (Lipinski definition) is 4. The van der Waals surface area contributed by atoms with E-state index in [1.807, 2.05) is 13.8 Å². The Bertz CT molecular complexity index is 685. The molecule has 1 aromatic heterocycles. The minimum atomic E-state index is -0.579. The van der Waals surface area contributed by atoms with Crippen LogP contribution < -0.4 is 10.9 Å². The second kappa shape index (κ2) is 6.49. The van der Waals surface area contributed by atoms with Gasteiger partial charge in [0, 0.05) is 18.7 Å². The summed E-state index contributed by atoms with van der Waals surface area (Å²) in [7, 11) is 0. The molecule has 0 aliphatic carbocycles. The lowest BCUT2D eigenvalue weighted by Gasteiger charge is -2.13. The van der Waals surface area contributed by atoms with E-state index in [0.29, 0.717) is 12.2 Å². The lowest BCUT2D eigenvalue weighted by Crippen LogP contribution is -2.28. The molecule has 1 unspecified atom stereocenters. The van der Waals surface area contributed by atoms with Gasteiger partial charge in [0.15, 0.2) is 0 Å². The maximum absolute atomic E-state index is 13.8. The molecule has 2 aromatic rings. The lowest BCUT2D eigenvalue weighted by atomic mass is 10.2. The Kier molecular flexibility index (Phi) is 4.70. The number of nitrogens with one attached hydrogen (secondary N) is 1. The van der Waals surface area contributed by atoms with Gasteiger partial charge in [0.2, 0.25) is 0 Å². The van der Waals surface area contributed by atoms with Crippen molar-refractivity contribution in [2.24, 2.45) is 0 Å². The first-order valence-electron chi connectivity index (χ1n) is 6.83. The molecule has 0 radical (unpaired) electrons. The quantitative estimate of drug-likeness (QED) is 0.884. The minimum absolute atomic E-state index is 0.0623. The molecular weight excluding hydrogens is 273 g/mol. The van der Waals surface area contributed by atoms with Gasteiger partial charge in [-0.05, 0) is 25.5 Å². The van der Waals surface area contributed by atoms with Gasteiger partial charge in [-0.3, -0.25) is 4.79 Å². The van der Waals surface area contributed by atoms with Crippen molar-refractivity contribution in [3.63, 3.8) is 0 Å². The highest BCUT2D eigenvalue weighted by Crippen LogP contribution is 2.14. The Morgan fingerprint density at radius 1 is 1.43 bits per heavy atom. The molecule has 1 heterocycles. The van der Waals surface area contributed by atoms with E-state index in [4.69, 9.17) is 0 Å². The van der Waals surface area contributed by atoms with E-state index >= 15 is 0 Å². The Morgan fingerprint density at radius 2 is 2.14 bits per heavy atom. The standard InChI is InChI=1S/C15H18FN3O2/c1-3-10(2)17-9-12-14(20)8-15(21)19(18-12)13-7-5-4-6-11(13)16/h4-8,10,17,20H,3,9H2,1-2H3. The molecule has 112 valence electrons. The van der Waals surface area contributed by atoms with Gasteiger partial charge in [0.25, 0.3) is 5.56 Å². The van der Waals surface area contributed by atoms with E-state index in [0.717, 1.165) is 17.2 Å². The maximum atomic E-state index is 13.8. The van der Waals surface area contributed by atoms with Gasteiger partial charge in [-0.25, -0.2) is 4.39 Å². The van der Waals surface area contributed by atoms with Crippen LogP contribution in [0.4, 0.5) is 4.39 Å². The number of rotatable bonds is 5. The third-order valence-electron chi connectivity index (χ3n) is 3.30. The summed E-state index contributed by atoms with van der Waals surface area (Å²) < 4.78 is 14.7. The lowest BCUT2D eigenvalue weighted by molar-refractivity contribution is 0.442. The first kappa shape index (κ1) is 15.2. The molecule has 0 aliphatic heterocycles. The van der Waals surface area contributed by atoms with Crippen molar-refractivity contribution in [1.82, 2.24) is 15.1 Å². The molecule has 0 spiro atoms. The molecule has 0 aliphatic rings. The summed E-state index contributed by atoms with van der Waals surface area (Å²) in [5, 5.41) is 17.0. The second-order valence-corrected chi connectivity index (χ2v) is 4.87. The molecule has 2 N–H and O–H groups in total. The Hall–Kier alpha value is -2.21.